The number of tetrazole rings is 1. The van der Waals surface area contributed by atoms with Gasteiger partial charge in [0.25, 0.3) is 0 Å². The summed E-state index contributed by atoms with van der Waals surface area (Å²) in [6, 6.07) is 9.32. The number of carbonyl (C=O) groups is 1. The Morgan fingerprint density at radius 1 is 1.30 bits per heavy atom. The maximum absolute atomic E-state index is 11.3. The molecule has 2 rings (SSSR count). The average Bonchev–Trinajstić information content (AvgIpc) is 2.91. The van der Waals surface area contributed by atoms with Gasteiger partial charge < -0.3 is 5.11 Å². The number of aryl methyl sites for hydroxylation is 2. The van der Waals surface area contributed by atoms with Crippen LogP contribution >= 0.6 is 0 Å². The normalized spacial score (nSPS) is 12.2. The van der Waals surface area contributed by atoms with Gasteiger partial charge in [-0.05, 0) is 28.8 Å². The largest absolute Gasteiger partial charge is 0.480 e. The molecule has 0 aliphatic rings. The lowest BCUT2D eigenvalue weighted by atomic mass is 10.1. The van der Waals surface area contributed by atoms with Crippen LogP contribution < -0.4 is 0 Å². The highest BCUT2D eigenvalue weighted by Crippen LogP contribution is 2.15. The summed E-state index contributed by atoms with van der Waals surface area (Å²) in [6.07, 6.45) is 2.72. The molecule has 0 saturated carbocycles. The summed E-state index contributed by atoms with van der Waals surface area (Å²) < 4.78 is 1.44. The van der Waals surface area contributed by atoms with Gasteiger partial charge >= 0.3 is 5.97 Å². The molecule has 0 aliphatic heterocycles. The molecule has 1 atom stereocenters. The summed E-state index contributed by atoms with van der Waals surface area (Å²) in [5.74, 6) is -0.269. The van der Waals surface area contributed by atoms with E-state index in [1.165, 1.54) is 10.2 Å². The van der Waals surface area contributed by atoms with Gasteiger partial charge in [-0.3, -0.25) is 0 Å². The second-order valence-corrected chi connectivity index (χ2v) is 4.67. The van der Waals surface area contributed by atoms with E-state index in [1.54, 1.807) is 0 Å². The number of hydrogen-bond donors (Lipinski definition) is 1. The van der Waals surface area contributed by atoms with Crippen LogP contribution in [0.15, 0.2) is 30.3 Å². The summed E-state index contributed by atoms with van der Waals surface area (Å²) in [4.78, 5) is 11.3. The SMILES string of the molecule is CCCC(C(=O)O)n1nnnc1CCc1ccccc1. The molecular weight excluding hydrogens is 256 g/mol. The van der Waals surface area contributed by atoms with Gasteiger partial charge in [0.05, 0.1) is 0 Å². The predicted molar refractivity (Wildman–Crippen MR) is 73.2 cm³/mol. The third kappa shape index (κ3) is 3.40. The Morgan fingerprint density at radius 3 is 2.70 bits per heavy atom. The molecule has 6 nitrogen and oxygen atoms in total. The number of aliphatic carboxylic acids is 1. The van der Waals surface area contributed by atoms with Crippen molar-refractivity contribution in [2.45, 2.75) is 38.6 Å². The lowest BCUT2D eigenvalue weighted by Gasteiger charge is -2.12. The average molecular weight is 274 g/mol. The first-order valence-electron chi connectivity index (χ1n) is 6.75. The maximum atomic E-state index is 11.3. The molecule has 0 saturated heterocycles. The molecule has 1 unspecified atom stereocenters. The molecule has 1 aromatic carbocycles. The minimum Gasteiger partial charge on any atom is -0.480 e. The summed E-state index contributed by atoms with van der Waals surface area (Å²) >= 11 is 0. The molecule has 1 aromatic heterocycles. The van der Waals surface area contributed by atoms with Crippen LogP contribution in [-0.4, -0.2) is 31.3 Å². The smallest absolute Gasteiger partial charge is 0.328 e. The number of carboxylic acid groups (broad SMARTS) is 1. The number of hydrogen-bond acceptors (Lipinski definition) is 4. The van der Waals surface area contributed by atoms with Gasteiger partial charge in [0.1, 0.15) is 0 Å². The second-order valence-electron chi connectivity index (χ2n) is 4.67. The minimum atomic E-state index is -0.889. The first kappa shape index (κ1) is 14.2. The fraction of sp³-hybridized carbons (Fsp3) is 0.429. The van der Waals surface area contributed by atoms with Crippen molar-refractivity contribution in [1.82, 2.24) is 20.2 Å². The molecule has 2 aromatic rings. The fourth-order valence-electron chi connectivity index (χ4n) is 2.14. The van der Waals surface area contributed by atoms with E-state index in [-0.39, 0.29) is 0 Å². The van der Waals surface area contributed by atoms with E-state index in [0.29, 0.717) is 18.7 Å². The van der Waals surface area contributed by atoms with E-state index < -0.39 is 12.0 Å². The third-order valence-electron chi connectivity index (χ3n) is 3.18. The van der Waals surface area contributed by atoms with E-state index in [0.717, 1.165) is 12.8 Å². The highest BCUT2D eigenvalue weighted by Gasteiger charge is 2.23. The van der Waals surface area contributed by atoms with Crippen LogP contribution in [0.5, 0.6) is 0 Å². The van der Waals surface area contributed by atoms with Crippen LogP contribution in [0, 0.1) is 0 Å². The molecular formula is C14H18N4O2. The Hall–Kier alpha value is -2.24. The van der Waals surface area contributed by atoms with Crippen LogP contribution in [-0.2, 0) is 17.6 Å². The van der Waals surface area contributed by atoms with Crippen molar-refractivity contribution in [2.75, 3.05) is 0 Å². The summed E-state index contributed by atoms with van der Waals surface area (Å²) in [5.41, 5.74) is 1.18. The second kappa shape index (κ2) is 6.79. The summed E-state index contributed by atoms with van der Waals surface area (Å²) in [7, 11) is 0. The molecule has 1 N–H and O–H groups in total. The zero-order valence-corrected chi connectivity index (χ0v) is 11.4. The van der Waals surface area contributed by atoms with Crippen LogP contribution in [0.2, 0.25) is 0 Å². The van der Waals surface area contributed by atoms with Crippen LogP contribution in [0.3, 0.4) is 0 Å². The Bertz CT molecular complexity index is 553. The standard InChI is InChI=1S/C14H18N4O2/c1-2-6-12(14(19)20)18-13(15-16-17-18)10-9-11-7-4-3-5-8-11/h3-5,7-8,12H,2,6,9-10H2,1H3,(H,19,20). The lowest BCUT2D eigenvalue weighted by molar-refractivity contribution is -0.141. The molecule has 0 aliphatic carbocycles. The van der Waals surface area contributed by atoms with Crippen molar-refractivity contribution >= 4 is 5.97 Å². The number of benzene rings is 1. The Kier molecular flexibility index (Phi) is 4.81. The minimum absolute atomic E-state index is 0.526. The van der Waals surface area contributed by atoms with Crippen LogP contribution in [0.25, 0.3) is 0 Å². The third-order valence-corrected chi connectivity index (χ3v) is 3.18. The zero-order chi connectivity index (χ0) is 14.4. The first-order chi connectivity index (χ1) is 9.72. The topological polar surface area (TPSA) is 80.9 Å². The molecule has 0 spiro atoms. The molecule has 1 heterocycles. The van der Waals surface area contributed by atoms with Gasteiger partial charge in [-0.1, -0.05) is 43.7 Å². The van der Waals surface area contributed by atoms with Crippen molar-refractivity contribution < 1.29 is 9.90 Å². The highest BCUT2D eigenvalue weighted by atomic mass is 16.4. The Labute approximate surface area is 117 Å². The molecule has 6 heteroatoms. The van der Waals surface area contributed by atoms with E-state index in [4.69, 9.17) is 0 Å². The number of aromatic nitrogens is 4. The van der Waals surface area contributed by atoms with E-state index >= 15 is 0 Å². The molecule has 0 radical (unpaired) electrons. The van der Waals surface area contributed by atoms with Gasteiger partial charge in [0.2, 0.25) is 0 Å². The monoisotopic (exact) mass is 274 g/mol. The molecule has 0 fully saturated rings. The summed E-state index contributed by atoms with van der Waals surface area (Å²) in [5, 5.41) is 20.7. The molecule has 20 heavy (non-hydrogen) atoms. The Morgan fingerprint density at radius 2 is 2.05 bits per heavy atom. The van der Waals surface area contributed by atoms with Gasteiger partial charge in [-0.25, -0.2) is 9.48 Å². The van der Waals surface area contributed by atoms with Crippen LogP contribution in [0.4, 0.5) is 0 Å². The van der Waals surface area contributed by atoms with Gasteiger partial charge in [-0.15, -0.1) is 5.10 Å². The molecule has 0 bridgehead atoms. The predicted octanol–water partition coefficient (Wildman–Crippen LogP) is 1.88. The van der Waals surface area contributed by atoms with Gasteiger partial charge in [-0.2, -0.15) is 0 Å². The van der Waals surface area contributed by atoms with Crippen molar-refractivity contribution in [1.29, 1.82) is 0 Å². The summed E-state index contributed by atoms with van der Waals surface area (Å²) in [6.45, 7) is 1.95. The van der Waals surface area contributed by atoms with E-state index in [9.17, 15) is 9.90 Å². The van der Waals surface area contributed by atoms with E-state index in [2.05, 4.69) is 15.5 Å². The van der Waals surface area contributed by atoms with Crippen LogP contribution in [0.1, 0.15) is 37.2 Å². The van der Waals surface area contributed by atoms with E-state index in [1.807, 2.05) is 37.3 Å². The lowest BCUT2D eigenvalue weighted by Crippen LogP contribution is -2.22. The quantitative estimate of drug-likeness (QED) is 0.833. The Balaban J connectivity index is 2.09. The van der Waals surface area contributed by atoms with Crippen molar-refractivity contribution in [2.24, 2.45) is 0 Å². The van der Waals surface area contributed by atoms with Gasteiger partial charge in [0.15, 0.2) is 11.9 Å². The molecule has 106 valence electrons. The van der Waals surface area contributed by atoms with Crippen molar-refractivity contribution in [3.05, 3.63) is 41.7 Å². The number of rotatable bonds is 7. The number of carboxylic acids is 1. The van der Waals surface area contributed by atoms with Gasteiger partial charge in [0, 0.05) is 6.42 Å². The highest BCUT2D eigenvalue weighted by molar-refractivity contribution is 5.71. The maximum Gasteiger partial charge on any atom is 0.328 e. The van der Waals surface area contributed by atoms with Crippen molar-refractivity contribution in [3.8, 4) is 0 Å². The first-order valence-corrected chi connectivity index (χ1v) is 6.75. The molecule has 0 amide bonds. The number of nitrogens with zero attached hydrogens (tertiary/aromatic N) is 4. The van der Waals surface area contributed by atoms with Crippen molar-refractivity contribution in [3.63, 3.8) is 0 Å². The fourth-order valence-corrected chi connectivity index (χ4v) is 2.14. The zero-order valence-electron chi connectivity index (χ0n) is 11.4.